The van der Waals surface area contributed by atoms with E-state index in [1.165, 1.54) is 42.6 Å². The summed E-state index contributed by atoms with van der Waals surface area (Å²) < 4.78 is 6.20. The van der Waals surface area contributed by atoms with Gasteiger partial charge in [-0.3, -0.25) is 14.9 Å². The van der Waals surface area contributed by atoms with Crippen LogP contribution in [0.2, 0.25) is 0 Å². The molecule has 1 atom stereocenters. The van der Waals surface area contributed by atoms with Gasteiger partial charge in [0.25, 0.3) is 11.6 Å². The molecule has 9 nitrogen and oxygen atoms in total. The quantitative estimate of drug-likeness (QED) is 0.628. The van der Waals surface area contributed by atoms with Crippen LogP contribution in [-0.2, 0) is 4.74 Å². The minimum absolute atomic E-state index is 0.193. The third kappa shape index (κ3) is 3.44. The van der Waals surface area contributed by atoms with Crippen LogP contribution in [0.25, 0.3) is 5.69 Å². The van der Waals surface area contributed by atoms with Gasteiger partial charge in [0, 0.05) is 24.8 Å². The van der Waals surface area contributed by atoms with Crippen LogP contribution in [0, 0.1) is 10.1 Å². The van der Waals surface area contributed by atoms with Gasteiger partial charge in [-0.1, -0.05) is 0 Å². The van der Waals surface area contributed by atoms with Crippen molar-refractivity contribution in [2.75, 3.05) is 13.7 Å². The Labute approximate surface area is 126 Å². The minimum Gasteiger partial charge on any atom is -0.383 e. The maximum atomic E-state index is 12.1. The summed E-state index contributed by atoms with van der Waals surface area (Å²) in [6.45, 7) is 2.13. The van der Waals surface area contributed by atoms with E-state index in [1.54, 1.807) is 6.92 Å². The molecule has 2 rings (SSSR count). The zero-order valence-electron chi connectivity index (χ0n) is 12.1. The number of hydrogen-bond acceptors (Lipinski definition) is 6. The lowest BCUT2D eigenvalue weighted by Gasteiger charge is -2.13. The number of hydrogen-bond donors (Lipinski definition) is 1. The van der Waals surface area contributed by atoms with E-state index in [0.29, 0.717) is 6.61 Å². The van der Waals surface area contributed by atoms with Gasteiger partial charge in [0.05, 0.1) is 11.5 Å². The second kappa shape index (κ2) is 6.76. The number of carbonyl (C=O) groups excluding carboxylic acids is 1. The van der Waals surface area contributed by atoms with Crippen LogP contribution < -0.4 is 5.32 Å². The topological polar surface area (TPSA) is 112 Å². The molecule has 0 aliphatic carbocycles. The third-order valence-electron chi connectivity index (χ3n) is 2.89. The standard InChI is InChI=1S/C13H15N5O4/c1-9(6-22-2)16-13(19)10-3-4-11(12(5-10)18(20)21)17-8-14-7-15-17/h3-5,7-9H,6H2,1-2H3,(H,16,19). The van der Waals surface area contributed by atoms with E-state index in [1.807, 2.05) is 0 Å². The van der Waals surface area contributed by atoms with Crippen molar-refractivity contribution in [3.05, 3.63) is 46.5 Å². The van der Waals surface area contributed by atoms with Crippen molar-refractivity contribution < 1.29 is 14.5 Å². The molecule has 1 aromatic heterocycles. The average Bonchev–Trinajstić information content (AvgIpc) is 3.00. The van der Waals surface area contributed by atoms with Crippen molar-refractivity contribution in [2.24, 2.45) is 0 Å². The van der Waals surface area contributed by atoms with Crippen molar-refractivity contribution >= 4 is 11.6 Å². The molecule has 0 aliphatic rings. The number of nitro groups is 1. The highest BCUT2D eigenvalue weighted by Crippen LogP contribution is 2.23. The Balaban J connectivity index is 2.30. The number of carbonyl (C=O) groups is 1. The summed E-state index contributed by atoms with van der Waals surface area (Å²) in [5.41, 5.74) is 0.208. The molecule has 0 saturated heterocycles. The molecule has 1 amide bonds. The number of benzene rings is 1. The number of nitrogens with one attached hydrogen (secondary N) is 1. The Morgan fingerprint density at radius 1 is 1.55 bits per heavy atom. The smallest absolute Gasteiger partial charge is 0.295 e. The summed E-state index contributed by atoms with van der Waals surface area (Å²) in [6.07, 6.45) is 2.62. The number of methoxy groups -OCH3 is 1. The van der Waals surface area contributed by atoms with E-state index < -0.39 is 10.8 Å². The fourth-order valence-electron chi connectivity index (χ4n) is 1.94. The Morgan fingerprint density at radius 2 is 2.32 bits per heavy atom. The van der Waals surface area contributed by atoms with Crippen molar-refractivity contribution in [3.63, 3.8) is 0 Å². The second-order valence-electron chi connectivity index (χ2n) is 4.63. The molecule has 1 aromatic carbocycles. The fourth-order valence-corrected chi connectivity index (χ4v) is 1.94. The van der Waals surface area contributed by atoms with Crippen molar-refractivity contribution in [1.82, 2.24) is 20.1 Å². The maximum absolute atomic E-state index is 12.1. The van der Waals surface area contributed by atoms with E-state index in [9.17, 15) is 14.9 Å². The van der Waals surface area contributed by atoms with Gasteiger partial charge in [0.2, 0.25) is 0 Å². The first-order valence-corrected chi connectivity index (χ1v) is 6.46. The molecule has 22 heavy (non-hydrogen) atoms. The van der Waals surface area contributed by atoms with E-state index in [2.05, 4.69) is 15.4 Å². The van der Waals surface area contributed by atoms with Gasteiger partial charge >= 0.3 is 0 Å². The van der Waals surface area contributed by atoms with Gasteiger partial charge in [-0.25, -0.2) is 9.67 Å². The summed E-state index contributed by atoms with van der Waals surface area (Å²) in [7, 11) is 1.53. The first kappa shape index (κ1) is 15.6. The van der Waals surface area contributed by atoms with E-state index >= 15 is 0 Å². The molecule has 116 valence electrons. The van der Waals surface area contributed by atoms with E-state index in [4.69, 9.17) is 4.74 Å². The van der Waals surface area contributed by atoms with Gasteiger partial charge in [0.1, 0.15) is 18.3 Å². The summed E-state index contributed by atoms with van der Waals surface area (Å²) in [5.74, 6) is -0.405. The molecule has 0 radical (unpaired) electrons. The summed E-state index contributed by atoms with van der Waals surface area (Å²) in [6, 6.07) is 3.97. The Hall–Kier alpha value is -2.81. The average molecular weight is 305 g/mol. The molecule has 0 bridgehead atoms. The highest BCUT2D eigenvalue weighted by atomic mass is 16.6. The molecule has 0 saturated carbocycles. The molecule has 2 aromatic rings. The molecule has 0 spiro atoms. The molecular weight excluding hydrogens is 290 g/mol. The molecule has 1 N–H and O–H groups in total. The Bertz CT molecular complexity index is 671. The second-order valence-corrected chi connectivity index (χ2v) is 4.63. The fraction of sp³-hybridized carbons (Fsp3) is 0.308. The minimum atomic E-state index is -0.563. The summed E-state index contributed by atoms with van der Waals surface area (Å²) >= 11 is 0. The lowest BCUT2D eigenvalue weighted by atomic mass is 10.1. The maximum Gasteiger partial charge on any atom is 0.295 e. The molecule has 1 heterocycles. The van der Waals surface area contributed by atoms with Crippen molar-refractivity contribution in [3.8, 4) is 5.69 Å². The number of nitrogens with zero attached hydrogens (tertiary/aromatic N) is 4. The largest absolute Gasteiger partial charge is 0.383 e. The first-order valence-electron chi connectivity index (χ1n) is 6.46. The molecule has 9 heteroatoms. The Kier molecular flexibility index (Phi) is 4.79. The van der Waals surface area contributed by atoms with Gasteiger partial charge < -0.3 is 10.1 Å². The monoisotopic (exact) mass is 305 g/mol. The SMILES string of the molecule is COCC(C)NC(=O)c1ccc(-n2cncn2)c([N+](=O)[O-])c1. The highest BCUT2D eigenvalue weighted by molar-refractivity contribution is 5.95. The highest BCUT2D eigenvalue weighted by Gasteiger charge is 2.20. The van der Waals surface area contributed by atoms with Crippen molar-refractivity contribution in [1.29, 1.82) is 0 Å². The predicted octanol–water partition coefficient (Wildman–Crippen LogP) is 0.940. The van der Waals surface area contributed by atoms with Gasteiger partial charge in [-0.2, -0.15) is 5.10 Å². The van der Waals surface area contributed by atoms with E-state index in [0.717, 1.165) is 0 Å². The van der Waals surface area contributed by atoms with Crippen LogP contribution in [-0.4, -0.2) is 45.4 Å². The van der Waals surface area contributed by atoms with Crippen LogP contribution in [0.15, 0.2) is 30.9 Å². The number of ether oxygens (including phenoxy) is 1. The normalized spacial score (nSPS) is 11.9. The van der Waals surface area contributed by atoms with Gasteiger partial charge in [-0.05, 0) is 19.1 Å². The number of nitro benzene ring substituents is 1. The molecule has 0 aliphatic heterocycles. The van der Waals surface area contributed by atoms with Gasteiger partial charge in [0.15, 0.2) is 0 Å². The van der Waals surface area contributed by atoms with Gasteiger partial charge in [-0.15, -0.1) is 0 Å². The lowest BCUT2D eigenvalue weighted by Crippen LogP contribution is -2.35. The number of amides is 1. The number of aromatic nitrogens is 3. The number of rotatable bonds is 6. The third-order valence-corrected chi connectivity index (χ3v) is 2.89. The zero-order chi connectivity index (χ0) is 16.1. The predicted molar refractivity (Wildman–Crippen MR) is 76.8 cm³/mol. The molecule has 1 unspecified atom stereocenters. The van der Waals surface area contributed by atoms with Crippen LogP contribution in [0.3, 0.4) is 0 Å². The lowest BCUT2D eigenvalue weighted by molar-refractivity contribution is -0.384. The zero-order valence-corrected chi connectivity index (χ0v) is 12.1. The molecule has 0 fully saturated rings. The summed E-state index contributed by atoms with van der Waals surface area (Å²) in [5, 5.41) is 17.8. The first-order chi connectivity index (χ1) is 10.5. The van der Waals surface area contributed by atoms with Crippen LogP contribution in [0.4, 0.5) is 5.69 Å². The van der Waals surface area contributed by atoms with Crippen LogP contribution >= 0.6 is 0 Å². The van der Waals surface area contributed by atoms with Crippen LogP contribution in [0.5, 0.6) is 0 Å². The van der Waals surface area contributed by atoms with Crippen molar-refractivity contribution in [2.45, 2.75) is 13.0 Å². The van der Waals surface area contributed by atoms with E-state index in [-0.39, 0.29) is 23.0 Å². The van der Waals surface area contributed by atoms with Crippen LogP contribution in [0.1, 0.15) is 17.3 Å². The molecular formula is C13H15N5O4. The Morgan fingerprint density at radius 3 is 2.91 bits per heavy atom. The summed E-state index contributed by atoms with van der Waals surface area (Å²) in [4.78, 5) is 26.5.